The first kappa shape index (κ1) is 12.2. The molecule has 74 valence electrons. The van der Waals surface area contributed by atoms with Gasteiger partial charge in [-0.25, -0.2) is 0 Å². The predicted molar refractivity (Wildman–Crippen MR) is 56.1 cm³/mol. The van der Waals surface area contributed by atoms with Crippen LogP contribution in [0.4, 0.5) is 0 Å². The van der Waals surface area contributed by atoms with Crippen molar-refractivity contribution in [2.45, 2.75) is 13.8 Å². The van der Waals surface area contributed by atoms with Gasteiger partial charge in [-0.3, -0.25) is 4.79 Å². The third kappa shape index (κ3) is 4.28. The van der Waals surface area contributed by atoms with Crippen LogP contribution in [0.15, 0.2) is 35.4 Å². The van der Waals surface area contributed by atoms with Gasteiger partial charge in [0.2, 0.25) is 0 Å². The molecule has 0 N–H and O–H groups in total. The molecule has 0 aliphatic rings. The molecule has 0 amide bonds. The topological polar surface area (TPSA) is 65.8 Å². The number of nitrogens with zero attached hydrogens (tertiary/aromatic N) is 3. The number of azide groups is 1. The van der Waals surface area contributed by atoms with Crippen LogP contribution in [0.2, 0.25) is 0 Å². The second-order valence-electron chi connectivity index (χ2n) is 2.18. The second kappa shape index (κ2) is 7.83. The lowest BCUT2D eigenvalue weighted by Crippen LogP contribution is -2.01. The van der Waals surface area contributed by atoms with Crippen molar-refractivity contribution in [1.29, 1.82) is 0 Å². The maximum absolute atomic E-state index is 11.1. The summed E-state index contributed by atoms with van der Waals surface area (Å²) in [5.74, 6) is -0.159. The molecule has 0 radical (unpaired) electrons. The Balaban J connectivity index is 0.000000791. The van der Waals surface area contributed by atoms with E-state index in [1.165, 1.54) is 0 Å². The van der Waals surface area contributed by atoms with E-state index in [-0.39, 0.29) is 12.3 Å². The first-order chi connectivity index (χ1) is 6.84. The number of rotatable bonds is 3. The molecule has 0 spiro atoms. The molecule has 1 aromatic rings. The van der Waals surface area contributed by atoms with Gasteiger partial charge in [-0.05, 0) is 5.53 Å². The number of carbonyl (C=O) groups is 1. The molecule has 4 heteroatoms. The molecular weight excluding hydrogens is 178 g/mol. The van der Waals surface area contributed by atoms with Crippen LogP contribution >= 0.6 is 0 Å². The van der Waals surface area contributed by atoms with E-state index in [1.807, 2.05) is 19.9 Å². The average molecular weight is 191 g/mol. The Morgan fingerprint density at radius 3 is 2.43 bits per heavy atom. The maximum Gasteiger partial charge on any atom is 0.168 e. The lowest BCUT2D eigenvalue weighted by molar-refractivity contribution is 0.100. The molecule has 14 heavy (non-hydrogen) atoms. The molecule has 0 bridgehead atoms. The Labute approximate surface area is 83.2 Å². The van der Waals surface area contributed by atoms with Gasteiger partial charge in [0.05, 0.1) is 6.54 Å². The van der Waals surface area contributed by atoms with Gasteiger partial charge in [0, 0.05) is 10.5 Å². The van der Waals surface area contributed by atoms with E-state index in [9.17, 15) is 4.79 Å². The van der Waals surface area contributed by atoms with E-state index in [4.69, 9.17) is 5.53 Å². The van der Waals surface area contributed by atoms with Crippen LogP contribution < -0.4 is 0 Å². The summed E-state index contributed by atoms with van der Waals surface area (Å²) in [4.78, 5) is 13.6. The van der Waals surface area contributed by atoms with Crippen molar-refractivity contribution in [3.05, 3.63) is 46.3 Å². The summed E-state index contributed by atoms with van der Waals surface area (Å²) < 4.78 is 0. The molecule has 0 unspecified atom stereocenters. The highest BCUT2D eigenvalue weighted by atomic mass is 16.1. The summed E-state index contributed by atoms with van der Waals surface area (Å²) in [7, 11) is 0. The zero-order valence-electron chi connectivity index (χ0n) is 8.34. The summed E-state index contributed by atoms with van der Waals surface area (Å²) >= 11 is 0. The molecule has 1 aromatic carbocycles. The van der Waals surface area contributed by atoms with E-state index in [1.54, 1.807) is 24.3 Å². The van der Waals surface area contributed by atoms with Gasteiger partial charge in [0.25, 0.3) is 0 Å². The van der Waals surface area contributed by atoms with E-state index in [2.05, 4.69) is 10.0 Å². The number of Topliss-reactive ketones (excluding diaryl/α,β-unsaturated/α-hetero) is 1. The molecule has 0 aromatic heterocycles. The van der Waals surface area contributed by atoms with Crippen LogP contribution in [0.5, 0.6) is 0 Å². The largest absolute Gasteiger partial charge is 0.294 e. The van der Waals surface area contributed by atoms with Crippen LogP contribution in [-0.2, 0) is 0 Å². The van der Waals surface area contributed by atoms with Crippen molar-refractivity contribution in [2.75, 3.05) is 6.54 Å². The van der Waals surface area contributed by atoms with Crippen LogP contribution in [0, 0.1) is 0 Å². The highest BCUT2D eigenvalue weighted by Crippen LogP contribution is 1.99. The van der Waals surface area contributed by atoms with Crippen LogP contribution in [-0.4, -0.2) is 12.3 Å². The molecule has 0 saturated heterocycles. The standard InChI is InChI=1S/C8H7N3O.C2H6/c9-11-10-6-8(12)7-4-2-1-3-5-7;1-2/h1-5H,6H2;1-2H3. The second-order valence-corrected chi connectivity index (χ2v) is 2.18. The zero-order valence-corrected chi connectivity index (χ0v) is 8.34. The lowest BCUT2D eigenvalue weighted by Gasteiger charge is -1.93. The normalized spacial score (nSPS) is 7.86. The Hall–Kier alpha value is -1.80. The Morgan fingerprint density at radius 2 is 1.93 bits per heavy atom. The van der Waals surface area contributed by atoms with Gasteiger partial charge >= 0.3 is 0 Å². The minimum absolute atomic E-state index is 0.111. The average Bonchev–Trinajstić information content (AvgIpc) is 2.30. The Bertz CT molecular complexity index is 315. The Morgan fingerprint density at radius 1 is 1.36 bits per heavy atom. The monoisotopic (exact) mass is 191 g/mol. The predicted octanol–water partition coefficient (Wildman–Crippen LogP) is 3.21. The fourth-order valence-corrected chi connectivity index (χ4v) is 0.811. The minimum Gasteiger partial charge on any atom is -0.294 e. The van der Waals surface area contributed by atoms with Crippen molar-refractivity contribution in [3.63, 3.8) is 0 Å². The van der Waals surface area contributed by atoms with Gasteiger partial charge in [-0.1, -0.05) is 49.3 Å². The summed E-state index contributed by atoms with van der Waals surface area (Å²) in [5.41, 5.74) is 8.54. The molecule has 0 atom stereocenters. The van der Waals surface area contributed by atoms with Crippen LogP contribution in [0.3, 0.4) is 0 Å². The molecule has 0 heterocycles. The number of hydrogen-bond donors (Lipinski definition) is 0. The van der Waals surface area contributed by atoms with Crippen molar-refractivity contribution in [1.82, 2.24) is 0 Å². The van der Waals surface area contributed by atoms with Gasteiger partial charge in [-0.2, -0.15) is 0 Å². The summed E-state index contributed by atoms with van der Waals surface area (Å²) in [5, 5.41) is 3.18. The fraction of sp³-hybridized carbons (Fsp3) is 0.300. The molecule has 1 rings (SSSR count). The van der Waals surface area contributed by atoms with E-state index in [0.29, 0.717) is 5.56 Å². The van der Waals surface area contributed by atoms with E-state index >= 15 is 0 Å². The first-order valence-corrected chi connectivity index (χ1v) is 4.43. The zero-order chi connectivity index (χ0) is 10.8. The third-order valence-corrected chi connectivity index (χ3v) is 1.37. The molecule has 0 aliphatic carbocycles. The van der Waals surface area contributed by atoms with Crippen molar-refractivity contribution < 1.29 is 4.79 Å². The highest BCUT2D eigenvalue weighted by Gasteiger charge is 2.01. The quantitative estimate of drug-likeness (QED) is 0.313. The van der Waals surface area contributed by atoms with Crippen molar-refractivity contribution >= 4 is 5.78 Å². The van der Waals surface area contributed by atoms with Crippen molar-refractivity contribution in [3.8, 4) is 0 Å². The highest BCUT2D eigenvalue weighted by molar-refractivity contribution is 5.97. The number of ketones is 1. The number of hydrogen-bond acceptors (Lipinski definition) is 2. The van der Waals surface area contributed by atoms with Crippen LogP contribution in [0.25, 0.3) is 10.4 Å². The van der Waals surface area contributed by atoms with Crippen LogP contribution in [0.1, 0.15) is 24.2 Å². The first-order valence-electron chi connectivity index (χ1n) is 4.43. The Kier molecular flexibility index (Phi) is 6.82. The SMILES string of the molecule is CC.[N-]=[N+]=NCC(=O)c1ccccc1. The molecule has 4 nitrogen and oxygen atoms in total. The third-order valence-electron chi connectivity index (χ3n) is 1.37. The summed E-state index contributed by atoms with van der Waals surface area (Å²) in [6.07, 6.45) is 0. The van der Waals surface area contributed by atoms with Gasteiger partial charge < -0.3 is 0 Å². The molecule has 0 fully saturated rings. The van der Waals surface area contributed by atoms with Crippen molar-refractivity contribution in [2.24, 2.45) is 5.11 Å². The van der Waals surface area contributed by atoms with Gasteiger partial charge in [0.15, 0.2) is 5.78 Å². The van der Waals surface area contributed by atoms with E-state index in [0.717, 1.165) is 0 Å². The molecule has 0 aliphatic heterocycles. The molecule has 0 saturated carbocycles. The lowest BCUT2D eigenvalue weighted by atomic mass is 10.1. The van der Waals surface area contributed by atoms with E-state index < -0.39 is 0 Å². The molecular formula is C10H13N3O. The number of benzene rings is 1. The maximum atomic E-state index is 11.1. The smallest absolute Gasteiger partial charge is 0.168 e. The fourth-order valence-electron chi connectivity index (χ4n) is 0.811. The summed E-state index contributed by atoms with van der Waals surface area (Å²) in [6.45, 7) is 3.89. The summed E-state index contributed by atoms with van der Waals surface area (Å²) in [6, 6.07) is 8.74. The minimum atomic E-state index is -0.159. The van der Waals surface area contributed by atoms with Gasteiger partial charge in [-0.15, -0.1) is 0 Å². The number of carbonyl (C=O) groups excluding carboxylic acids is 1. The van der Waals surface area contributed by atoms with Gasteiger partial charge in [0.1, 0.15) is 0 Å².